The number of carbonyl (C=O) groups excluding carboxylic acids is 2. The molecule has 8 heteroatoms. The van der Waals surface area contributed by atoms with Crippen LogP contribution in [0.25, 0.3) is 0 Å². The van der Waals surface area contributed by atoms with E-state index in [2.05, 4.69) is 21.2 Å². The number of phenolic OH excluding ortho intramolecular Hbond substituents is 1. The number of aromatic hydroxyl groups is 1. The fraction of sp³-hybridized carbons (Fsp3) is 0.227. The van der Waals surface area contributed by atoms with Gasteiger partial charge >= 0.3 is 12.1 Å². The lowest BCUT2D eigenvalue weighted by atomic mass is 9.92. The third kappa shape index (κ3) is 7.04. The van der Waals surface area contributed by atoms with Crippen molar-refractivity contribution in [1.82, 2.24) is 5.32 Å². The monoisotopic (exact) mass is 475 g/mol. The fourth-order valence-corrected chi connectivity index (χ4v) is 3.21. The molecule has 0 aromatic heterocycles. The summed E-state index contributed by atoms with van der Waals surface area (Å²) >= 11 is 3.33. The summed E-state index contributed by atoms with van der Waals surface area (Å²) in [4.78, 5) is 35.2. The van der Waals surface area contributed by atoms with E-state index in [1.54, 1.807) is 42.5 Å². The molecule has 2 amide bonds. The normalized spacial score (nSPS) is 12.9. The minimum absolute atomic E-state index is 0.0571. The number of rotatable bonds is 8. The highest BCUT2D eigenvalue weighted by Gasteiger charge is 2.27. The second-order valence-electron chi connectivity index (χ2n) is 6.64. The number of imide groups is 1. The van der Waals surface area contributed by atoms with Crippen molar-refractivity contribution in [3.05, 3.63) is 76.3 Å². The largest absolute Gasteiger partial charge is 0.508 e. The maximum Gasteiger partial charge on any atom is 0.414 e. The van der Waals surface area contributed by atoms with E-state index in [9.17, 15) is 19.5 Å². The number of carbonyl (C=O) groups is 3. The van der Waals surface area contributed by atoms with E-state index in [1.165, 1.54) is 12.1 Å². The van der Waals surface area contributed by atoms with Crippen LogP contribution in [0.15, 0.2) is 65.2 Å². The Kier molecular flexibility index (Phi) is 8.61. The highest BCUT2D eigenvalue weighted by Crippen LogP contribution is 2.36. The molecule has 7 nitrogen and oxygen atoms in total. The summed E-state index contributed by atoms with van der Waals surface area (Å²) in [6.45, 7) is 1.81. The Morgan fingerprint density at radius 2 is 1.87 bits per heavy atom. The first-order valence-electron chi connectivity index (χ1n) is 9.22. The summed E-state index contributed by atoms with van der Waals surface area (Å²) in [7, 11) is 0. The molecule has 0 spiro atoms. The van der Waals surface area contributed by atoms with Crippen molar-refractivity contribution in [3.63, 3.8) is 0 Å². The Morgan fingerprint density at radius 3 is 2.53 bits per heavy atom. The molecule has 0 aliphatic rings. The number of halogens is 1. The number of aliphatic carboxylic acids is 1. The molecule has 0 aliphatic carbocycles. The Labute approximate surface area is 182 Å². The van der Waals surface area contributed by atoms with Crippen molar-refractivity contribution in [3.8, 4) is 5.75 Å². The lowest BCUT2D eigenvalue weighted by Gasteiger charge is -2.25. The first-order valence-corrected chi connectivity index (χ1v) is 10.0. The second kappa shape index (κ2) is 11.2. The van der Waals surface area contributed by atoms with Crippen LogP contribution in [0, 0.1) is 5.92 Å². The van der Waals surface area contributed by atoms with Crippen LogP contribution in [-0.4, -0.2) is 28.2 Å². The average Bonchev–Trinajstić information content (AvgIpc) is 2.71. The molecular weight excluding hydrogens is 454 g/mol. The predicted octanol–water partition coefficient (Wildman–Crippen LogP) is 4.82. The molecular formula is C22H22BrNO6. The number of hydrogen-bond donors (Lipinski definition) is 3. The topological polar surface area (TPSA) is 113 Å². The van der Waals surface area contributed by atoms with Crippen LogP contribution in [0.4, 0.5) is 4.79 Å². The van der Waals surface area contributed by atoms with Gasteiger partial charge in [-0.1, -0.05) is 47.1 Å². The van der Waals surface area contributed by atoms with Gasteiger partial charge in [0.1, 0.15) is 11.9 Å². The van der Waals surface area contributed by atoms with Gasteiger partial charge in [-0.2, -0.15) is 0 Å². The Bertz CT molecular complexity index is 928. The van der Waals surface area contributed by atoms with Crippen LogP contribution in [0.1, 0.15) is 41.8 Å². The number of ether oxygens (including phenoxy) is 1. The van der Waals surface area contributed by atoms with Crippen LogP contribution in [0.5, 0.6) is 5.75 Å². The third-order valence-corrected chi connectivity index (χ3v) is 4.84. The molecule has 2 aromatic carbocycles. The van der Waals surface area contributed by atoms with Crippen LogP contribution in [0.2, 0.25) is 0 Å². The molecule has 0 heterocycles. The Balaban J connectivity index is 2.16. The number of carboxylic acids is 1. The maximum absolute atomic E-state index is 12.4. The molecule has 0 fully saturated rings. The number of nitrogens with one attached hydrogen (secondary N) is 1. The number of allylic oxidation sites excluding steroid dienone is 1. The molecule has 0 saturated heterocycles. The van der Waals surface area contributed by atoms with E-state index in [0.717, 1.165) is 6.08 Å². The van der Waals surface area contributed by atoms with E-state index < -0.39 is 24.1 Å². The molecule has 0 unspecified atom stereocenters. The third-order valence-electron chi connectivity index (χ3n) is 4.35. The van der Waals surface area contributed by atoms with Gasteiger partial charge in [0, 0.05) is 21.7 Å². The quantitative estimate of drug-likeness (QED) is 0.471. The van der Waals surface area contributed by atoms with Crippen LogP contribution in [-0.2, 0) is 9.53 Å². The summed E-state index contributed by atoms with van der Waals surface area (Å²) in [5.41, 5.74) is 0.685. The minimum Gasteiger partial charge on any atom is -0.508 e. The molecule has 30 heavy (non-hydrogen) atoms. The fourth-order valence-electron chi connectivity index (χ4n) is 2.83. The number of benzene rings is 2. The molecule has 0 saturated carbocycles. The van der Waals surface area contributed by atoms with Crippen molar-refractivity contribution in [2.24, 2.45) is 5.92 Å². The molecule has 158 valence electrons. The first kappa shape index (κ1) is 23.2. The lowest BCUT2D eigenvalue weighted by molar-refractivity contribution is -0.131. The van der Waals surface area contributed by atoms with E-state index in [1.807, 2.05) is 6.92 Å². The van der Waals surface area contributed by atoms with Crippen molar-refractivity contribution < 1.29 is 29.3 Å². The molecule has 2 rings (SSSR count). The van der Waals surface area contributed by atoms with E-state index in [-0.39, 0.29) is 11.7 Å². The highest BCUT2D eigenvalue weighted by molar-refractivity contribution is 9.10. The zero-order valence-corrected chi connectivity index (χ0v) is 17.8. The van der Waals surface area contributed by atoms with Crippen molar-refractivity contribution in [2.45, 2.75) is 25.9 Å². The van der Waals surface area contributed by atoms with Gasteiger partial charge in [0.2, 0.25) is 0 Å². The summed E-state index contributed by atoms with van der Waals surface area (Å²) < 4.78 is 6.20. The van der Waals surface area contributed by atoms with Crippen molar-refractivity contribution in [1.29, 1.82) is 0 Å². The molecule has 0 aliphatic heterocycles. The summed E-state index contributed by atoms with van der Waals surface area (Å²) in [6.07, 6.45) is 1.68. The Morgan fingerprint density at radius 1 is 1.17 bits per heavy atom. The lowest BCUT2D eigenvalue weighted by Crippen LogP contribution is -2.33. The van der Waals surface area contributed by atoms with Gasteiger partial charge in [-0.15, -0.1) is 0 Å². The van der Waals surface area contributed by atoms with Gasteiger partial charge < -0.3 is 14.9 Å². The average molecular weight is 476 g/mol. The summed E-state index contributed by atoms with van der Waals surface area (Å²) in [5, 5.41) is 21.2. The van der Waals surface area contributed by atoms with Crippen molar-refractivity contribution in [2.75, 3.05) is 0 Å². The number of amides is 2. The predicted molar refractivity (Wildman–Crippen MR) is 114 cm³/mol. The standard InChI is InChI=1S/C22H22BrNO6/c1-14(7-5-6-10-19(26)27)20(17-13-16(23)11-12-18(17)25)30-22(29)24-21(28)15-8-3-2-4-9-15/h2-4,6,8-14,20,25H,5,7H2,1H3,(H,26,27)(H,24,28,29)/b10-6+/t14-,20+/m1/s1. The van der Waals surface area contributed by atoms with E-state index in [0.29, 0.717) is 28.4 Å². The number of alkyl carbamates (subject to hydrolysis) is 1. The van der Waals surface area contributed by atoms with Gasteiger partial charge in [-0.25, -0.2) is 9.59 Å². The SMILES string of the molecule is C[C@H](CC/C=C/C(=O)O)[C@H](OC(=O)NC(=O)c1ccccc1)c1cc(Br)ccc1O. The smallest absolute Gasteiger partial charge is 0.414 e. The molecule has 0 radical (unpaired) electrons. The molecule has 3 N–H and O–H groups in total. The Hall–Kier alpha value is -3.13. The van der Waals surface area contributed by atoms with E-state index >= 15 is 0 Å². The maximum atomic E-state index is 12.4. The number of carboxylic acid groups (broad SMARTS) is 1. The van der Waals surface area contributed by atoms with Gasteiger partial charge in [-0.3, -0.25) is 10.1 Å². The van der Waals surface area contributed by atoms with Gasteiger partial charge in [-0.05, 0) is 49.1 Å². The highest BCUT2D eigenvalue weighted by atomic mass is 79.9. The molecule has 2 aromatic rings. The first-order chi connectivity index (χ1) is 14.3. The minimum atomic E-state index is -1.04. The summed E-state index contributed by atoms with van der Waals surface area (Å²) in [6, 6.07) is 13.0. The van der Waals surface area contributed by atoms with Crippen LogP contribution < -0.4 is 5.32 Å². The number of phenols is 1. The molecule has 2 atom stereocenters. The number of hydrogen-bond acceptors (Lipinski definition) is 5. The van der Waals surface area contributed by atoms with Crippen LogP contribution >= 0.6 is 15.9 Å². The van der Waals surface area contributed by atoms with Crippen LogP contribution in [0.3, 0.4) is 0 Å². The van der Waals surface area contributed by atoms with E-state index in [4.69, 9.17) is 9.84 Å². The van der Waals surface area contributed by atoms with Gasteiger partial charge in [0.25, 0.3) is 5.91 Å². The zero-order valence-electron chi connectivity index (χ0n) is 16.2. The van der Waals surface area contributed by atoms with Gasteiger partial charge in [0.05, 0.1) is 0 Å². The van der Waals surface area contributed by atoms with Gasteiger partial charge in [0.15, 0.2) is 0 Å². The summed E-state index contributed by atoms with van der Waals surface area (Å²) in [5.74, 6) is -1.98. The van der Waals surface area contributed by atoms with Crippen molar-refractivity contribution >= 4 is 33.9 Å². The molecule has 0 bridgehead atoms. The second-order valence-corrected chi connectivity index (χ2v) is 7.56. The zero-order chi connectivity index (χ0) is 22.1.